The molecule has 0 saturated heterocycles. The van der Waals surface area contributed by atoms with E-state index < -0.39 is 0 Å². The first-order valence-electron chi connectivity index (χ1n) is 8.24. The summed E-state index contributed by atoms with van der Waals surface area (Å²) in [7, 11) is 4.09. The smallest absolute Gasteiger partial charge is 0.104 e. The lowest BCUT2D eigenvalue weighted by molar-refractivity contribution is 0.591. The number of hydrogen-bond acceptors (Lipinski definition) is 2. The van der Waals surface area contributed by atoms with Gasteiger partial charge in [0.05, 0.1) is 0 Å². The van der Waals surface area contributed by atoms with Gasteiger partial charge in [-0.05, 0) is 55.5 Å². The molecule has 134 valence electrons. The number of likely N-dealkylation sites (N-methyl/N-ethyl adjacent to an activating group) is 1. The van der Waals surface area contributed by atoms with Gasteiger partial charge in [-0.25, -0.2) is 0 Å². The molecule has 0 bridgehead atoms. The van der Waals surface area contributed by atoms with E-state index in [0.29, 0.717) is 0 Å². The Balaban J connectivity index is 0.00000196. The van der Waals surface area contributed by atoms with Crippen LogP contribution in [0.1, 0.15) is 22.7 Å². The maximum absolute atomic E-state index is 6.51. The predicted molar refractivity (Wildman–Crippen MR) is 117 cm³/mol. The molecule has 1 aliphatic heterocycles. The van der Waals surface area contributed by atoms with Crippen molar-refractivity contribution in [3.63, 3.8) is 0 Å². The molecule has 2 nitrogen and oxygen atoms in total. The van der Waals surface area contributed by atoms with E-state index in [1.165, 1.54) is 21.9 Å². The van der Waals surface area contributed by atoms with Crippen molar-refractivity contribution in [3.8, 4) is 0 Å². The Morgan fingerprint density at radius 2 is 1.73 bits per heavy atom. The fraction of sp³-hybridized carbons (Fsp3) is 0.190. The van der Waals surface area contributed by atoms with E-state index >= 15 is 0 Å². The van der Waals surface area contributed by atoms with E-state index in [1.807, 2.05) is 32.3 Å². The Morgan fingerprint density at radius 1 is 1.04 bits per heavy atom. The Kier molecular flexibility index (Phi) is 5.61. The van der Waals surface area contributed by atoms with Crippen LogP contribution in [0.4, 0.5) is 0 Å². The largest absolute Gasteiger partial charge is 0.366 e. The molecule has 1 atom stereocenters. The maximum atomic E-state index is 6.51. The SMILES string of the molecule is CN(C)C1=NC(c2ccccc2Cl)c2cc3ccccc3c(Br)c2C1.Cl. The Morgan fingerprint density at radius 3 is 2.46 bits per heavy atom. The van der Waals surface area contributed by atoms with Gasteiger partial charge in [-0.15, -0.1) is 12.4 Å². The van der Waals surface area contributed by atoms with E-state index in [2.05, 4.69) is 57.2 Å². The number of aliphatic imine (C=N–C) groups is 1. The van der Waals surface area contributed by atoms with E-state index in [-0.39, 0.29) is 18.4 Å². The van der Waals surface area contributed by atoms with Crippen molar-refractivity contribution in [2.75, 3.05) is 14.1 Å². The van der Waals surface area contributed by atoms with E-state index in [0.717, 1.165) is 27.3 Å². The number of benzene rings is 3. The van der Waals surface area contributed by atoms with Gasteiger partial charge in [-0.3, -0.25) is 4.99 Å². The topological polar surface area (TPSA) is 15.6 Å². The van der Waals surface area contributed by atoms with Crippen LogP contribution >= 0.6 is 39.9 Å². The molecule has 0 N–H and O–H groups in total. The minimum Gasteiger partial charge on any atom is -0.366 e. The standard InChI is InChI=1S/C21H18BrClN2.ClH/c1-25(2)19-12-16-17(11-13-7-3-4-8-14(13)20(16)22)21(24-19)15-9-5-6-10-18(15)23;/h3-11,21H,12H2,1-2H3;1H. The molecule has 1 unspecified atom stereocenters. The van der Waals surface area contributed by atoms with Crippen LogP contribution in [0.5, 0.6) is 0 Å². The molecule has 0 aliphatic carbocycles. The van der Waals surface area contributed by atoms with Gasteiger partial charge in [0.2, 0.25) is 0 Å². The molecule has 4 rings (SSSR count). The van der Waals surface area contributed by atoms with Gasteiger partial charge in [0, 0.05) is 30.0 Å². The van der Waals surface area contributed by atoms with Crippen molar-refractivity contribution >= 4 is 56.5 Å². The fourth-order valence-corrected chi connectivity index (χ4v) is 4.39. The van der Waals surface area contributed by atoms with Gasteiger partial charge in [-0.1, -0.05) is 54.1 Å². The van der Waals surface area contributed by atoms with Crippen LogP contribution in [0.2, 0.25) is 5.02 Å². The molecule has 0 radical (unpaired) electrons. The van der Waals surface area contributed by atoms with Crippen LogP contribution in [0.15, 0.2) is 64.1 Å². The van der Waals surface area contributed by atoms with Crippen molar-refractivity contribution < 1.29 is 0 Å². The molecule has 1 aliphatic rings. The van der Waals surface area contributed by atoms with Gasteiger partial charge in [0.15, 0.2) is 0 Å². The number of hydrogen-bond donors (Lipinski definition) is 0. The third-order valence-electron chi connectivity index (χ3n) is 4.75. The quantitative estimate of drug-likeness (QED) is 0.426. The monoisotopic (exact) mass is 448 g/mol. The molecule has 26 heavy (non-hydrogen) atoms. The molecule has 0 aromatic heterocycles. The lowest BCUT2D eigenvalue weighted by Crippen LogP contribution is -2.29. The lowest BCUT2D eigenvalue weighted by atomic mass is 9.88. The second-order valence-corrected chi connectivity index (χ2v) is 7.72. The highest BCUT2D eigenvalue weighted by atomic mass is 79.9. The molecule has 3 aromatic carbocycles. The van der Waals surface area contributed by atoms with Gasteiger partial charge in [0.1, 0.15) is 11.9 Å². The summed E-state index contributed by atoms with van der Waals surface area (Å²) in [6.45, 7) is 0. The van der Waals surface area contributed by atoms with Crippen molar-refractivity contribution in [2.24, 2.45) is 4.99 Å². The van der Waals surface area contributed by atoms with Crippen LogP contribution in [-0.2, 0) is 6.42 Å². The average Bonchev–Trinajstić information content (AvgIpc) is 2.62. The van der Waals surface area contributed by atoms with E-state index in [1.54, 1.807) is 0 Å². The van der Waals surface area contributed by atoms with Crippen LogP contribution in [-0.4, -0.2) is 24.8 Å². The zero-order chi connectivity index (χ0) is 17.6. The molecular formula is C21H19BrCl2N2. The molecule has 0 amide bonds. The molecule has 3 aromatic rings. The summed E-state index contributed by atoms with van der Waals surface area (Å²) in [4.78, 5) is 7.13. The lowest BCUT2D eigenvalue weighted by Gasteiger charge is -2.29. The number of fused-ring (bicyclic) bond motifs is 2. The van der Waals surface area contributed by atoms with Crippen LogP contribution in [0.25, 0.3) is 10.8 Å². The fourth-order valence-electron chi connectivity index (χ4n) is 3.42. The average molecular weight is 450 g/mol. The predicted octanol–water partition coefficient (Wildman–Crippen LogP) is 6.28. The summed E-state index contributed by atoms with van der Waals surface area (Å²) in [5, 5.41) is 3.21. The van der Waals surface area contributed by atoms with Crippen molar-refractivity contribution in [2.45, 2.75) is 12.5 Å². The van der Waals surface area contributed by atoms with Gasteiger partial charge in [-0.2, -0.15) is 0 Å². The number of nitrogens with zero attached hydrogens (tertiary/aromatic N) is 2. The Bertz CT molecular complexity index is 998. The molecular weight excluding hydrogens is 431 g/mol. The summed E-state index contributed by atoms with van der Waals surface area (Å²) in [5.74, 6) is 1.06. The van der Waals surface area contributed by atoms with Gasteiger partial charge in [0.25, 0.3) is 0 Å². The second kappa shape index (κ2) is 7.59. The Hall–Kier alpha value is -1.55. The van der Waals surface area contributed by atoms with Crippen LogP contribution in [0.3, 0.4) is 0 Å². The normalized spacial score (nSPS) is 15.8. The highest BCUT2D eigenvalue weighted by Crippen LogP contribution is 2.42. The zero-order valence-corrected chi connectivity index (χ0v) is 17.7. The highest BCUT2D eigenvalue weighted by Gasteiger charge is 2.28. The highest BCUT2D eigenvalue weighted by molar-refractivity contribution is 9.10. The molecule has 5 heteroatoms. The third-order valence-corrected chi connectivity index (χ3v) is 6.00. The first-order valence-corrected chi connectivity index (χ1v) is 9.42. The van der Waals surface area contributed by atoms with Crippen LogP contribution in [0, 0.1) is 0 Å². The van der Waals surface area contributed by atoms with Gasteiger partial charge < -0.3 is 4.90 Å². The van der Waals surface area contributed by atoms with Crippen molar-refractivity contribution in [1.82, 2.24) is 4.90 Å². The van der Waals surface area contributed by atoms with E-state index in [9.17, 15) is 0 Å². The molecule has 1 heterocycles. The second-order valence-electron chi connectivity index (χ2n) is 6.52. The summed E-state index contributed by atoms with van der Waals surface area (Å²) >= 11 is 10.4. The minimum absolute atomic E-state index is 0. The van der Waals surface area contributed by atoms with Crippen LogP contribution < -0.4 is 0 Å². The summed E-state index contributed by atoms with van der Waals surface area (Å²) in [5.41, 5.74) is 3.57. The number of rotatable bonds is 1. The third kappa shape index (κ3) is 3.24. The van der Waals surface area contributed by atoms with Crippen molar-refractivity contribution in [1.29, 1.82) is 0 Å². The molecule has 0 spiro atoms. The molecule has 0 saturated carbocycles. The zero-order valence-electron chi connectivity index (χ0n) is 14.5. The summed E-state index contributed by atoms with van der Waals surface area (Å²) in [6, 6.07) is 18.6. The Labute approximate surface area is 173 Å². The van der Waals surface area contributed by atoms with E-state index in [4.69, 9.17) is 16.6 Å². The first kappa shape index (κ1) is 19.2. The van der Waals surface area contributed by atoms with Gasteiger partial charge >= 0.3 is 0 Å². The number of halogens is 3. The number of amidine groups is 1. The maximum Gasteiger partial charge on any atom is 0.104 e. The summed E-state index contributed by atoms with van der Waals surface area (Å²) in [6.07, 6.45) is 0.814. The minimum atomic E-state index is -0.0873. The van der Waals surface area contributed by atoms with Crippen molar-refractivity contribution in [3.05, 3.63) is 80.8 Å². The first-order chi connectivity index (χ1) is 12.1. The molecule has 0 fully saturated rings. The summed E-state index contributed by atoms with van der Waals surface area (Å²) < 4.78 is 1.16.